The third-order valence-corrected chi connectivity index (χ3v) is 10.4. The number of nitrogens with one attached hydrogen (secondary N) is 3. The van der Waals surface area contributed by atoms with E-state index in [9.17, 15) is 24.6 Å². The molecule has 0 unspecified atom stereocenters. The SMILES string of the molecule is CC1CCC(C=O)(CNC(=O)OC(C)(C)C)CC1.CC1CCC(CO)(CNC(=O)OC(C)(C)C)CC1.CC1CCC(CO)(CNCl)CC1.O=S=O.O=S=O.O=S=O.[B].[H-].[Na+]. The van der Waals surface area contributed by atoms with Crippen molar-refractivity contribution in [2.45, 2.75) is 151 Å². The molecule has 0 aromatic heterocycles. The first kappa shape index (κ1) is 67.0. The van der Waals surface area contributed by atoms with Gasteiger partial charge in [-0.1, -0.05) is 46.5 Å². The molecule has 341 valence electrons. The number of amides is 2. The number of carbonyl (C=O) groups is 3. The van der Waals surface area contributed by atoms with Crippen LogP contribution in [-0.2, 0) is 49.0 Å². The molecule has 3 fully saturated rings. The van der Waals surface area contributed by atoms with Gasteiger partial charge in [0.2, 0.25) is 0 Å². The van der Waals surface area contributed by atoms with Crippen molar-refractivity contribution in [3.8, 4) is 0 Å². The maximum Gasteiger partial charge on any atom is 1.00 e. The second-order valence-electron chi connectivity index (χ2n) is 17.6. The summed E-state index contributed by atoms with van der Waals surface area (Å²) in [6.07, 6.45) is 12.8. The fraction of sp³-hybridized carbons (Fsp3) is 0.919. The molecule has 5 N–H and O–H groups in total. The van der Waals surface area contributed by atoms with E-state index in [-0.39, 0.29) is 68.9 Å². The number of hydrogen-bond donors (Lipinski definition) is 5. The van der Waals surface area contributed by atoms with Crippen molar-refractivity contribution in [3.63, 3.8) is 0 Å². The molecule has 22 heteroatoms. The third kappa shape index (κ3) is 35.1. The van der Waals surface area contributed by atoms with Crippen LogP contribution in [0.25, 0.3) is 0 Å². The standard InChI is InChI=1S/C14H27NO3.C14H25NO3.C9H18ClNO.B.Na.3O2S.H/c2*1-11-5-7-14(10-16,8-6-11)9-15-12(17)18-13(2,3)4;1-8-2-4-9(7-12,5-3-8)6-11-10;;;3*1-3-2;/h11,16H,5-10H2,1-4H3,(H,15,17);10-11H,5-9H2,1-4H3,(H,15,17);8,11-12H,2-7H2,1H3;;;;;;/q;;;;+1;;;;-1. The van der Waals surface area contributed by atoms with Crippen LogP contribution in [0.1, 0.15) is 141 Å². The van der Waals surface area contributed by atoms with Crippen LogP contribution in [-0.4, -0.2) is 106 Å². The molecule has 3 aliphatic carbocycles. The summed E-state index contributed by atoms with van der Waals surface area (Å²) < 4.78 is 60.1. The van der Waals surface area contributed by atoms with Gasteiger partial charge in [-0.25, -0.2) is 14.4 Å². The van der Waals surface area contributed by atoms with Crippen molar-refractivity contribution >= 4 is 73.4 Å². The Balaban J connectivity index is -0.000000164. The van der Waals surface area contributed by atoms with Crippen molar-refractivity contribution in [1.82, 2.24) is 15.5 Å². The van der Waals surface area contributed by atoms with E-state index in [1.807, 2.05) is 41.5 Å². The molecule has 0 heterocycles. The second kappa shape index (κ2) is 36.4. The van der Waals surface area contributed by atoms with Crippen LogP contribution in [0, 0.1) is 34.0 Å². The molecule has 16 nitrogen and oxygen atoms in total. The van der Waals surface area contributed by atoms with Gasteiger partial charge in [0.05, 0.1) is 6.61 Å². The van der Waals surface area contributed by atoms with Gasteiger partial charge in [-0.15, -0.1) is 0 Å². The van der Waals surface area contributed by atoms with Crippen molar-refractivity contribution in [1.29, 1.82) is 0 Å². The van der Waals surface area contributed by atoms with Crippen LogP contribution in [0.2, 0.25) is 0 Å². The first-order chi connectivity index (χ1) is 26.5. The first-order valence-corrected chi connectivity index (χ1v) is 21.6. The van der Waals surface area contributed by atoms with Crippen molar-refractivity contribution in [3.05, 3.63) is 0 Å². The minimum atomic E-state index is -0.750. The smallest absolute Gasteiger partial charge is 1.00 e. The normalized spacial score (nSPS) is 25.6. The predicted octanol–water partition coefficient (Wildman–Crippen LogP) is 2.25. The summed E-state index contributed by atoms with van der Waals surface area (Å²) in [6.45, 7) is 19.7. The van der Waals surface area contributed by atoms with Crippen LogP contribution in [0.15, 0.2) is 0 Å². The quantitative estimate of drug-likeness (QED) is 0.127. The van der Waals surface area contributed by atoms with Gasteiger partial charge in [0, 0.05) is 50.9 Å². The van der Waals surface area contributed by atoms with Gasteiger partial charge in [-0.05, 0) is 122 Å². The van der Waals surface area contributed by atoms with Crippen molar-refractivity contribution < 1.29 is 90.3 Å². The molecule has 0 aliphatic heterocycles. The number of aliphatic hydroxyl groups excluding tert-OH is 2. The number of alkyl carbamates (subject to hydrolysis) is 2. The van der Waals surface area contributed by atoms with E-state index >= 15 is 0 Å². The van der Waals surface area contributed by atoms with Gasteiger partial charge in [0.25, 0.3) is 0 Å². The Morgan fingerprint density at radius 2 is 0.915 bits per heavy atom. The molecule has 0 atom stereocenters. The Hall–Kier alpha value is -1.10. The van der Waals surface area contributed by atoms with E-state index in [4.69, 9.17) is 46.5 Å². The molecule has 3 saturated carbocycles. The van der Waals surface area contributed by atoms with Crippen LogP contribution in [0.5, 0.6) is 0 Å². The molecular weight excluding hydrogens is 860 g/mol. The van der Waals surface area contributed by atoms with Crippen molar-refractivity contribution in [2.75, 3.05) is 32.8 Å². The molecule has 0 aromatic carbocycles. The van der Waals surface area contributed by atoms with Gasteiger partial charge in [-0.3, -0.25) is 0 Å². The molecule has 3 aliphatic rings. The predicted molar refractivity (Wildman–Crippen MR) is 226 cm³/mol. The number of aliphatic hydroxyl groups is 2. The Kier molecular flexibility index (Phi) is 41.3. The van der Waals surface area contributed by atoms with Gasteiger partial charge in [0.15, 0.2) is 0 Å². The zero-order valence-electron chi connectivity index (χ0n) is 37.9. The maximum atomic E-state index is 11.6. The Labute approximate surface area is 394 Å². The molecule has 0 bridgehead atoms. The fourth-order valence-electron chi connectivity index (χ4n) is 6.48. The van der Waals surface area contributed by atoms with Crippen LogP contribution in [0.4, 0.5) is 9.59 Å². The molecule has 0 spiro atoms. The third-order valence-electron chi connectivity index (χ3n) is 10.3. The summed E-state index contributed by atoms with van der Waals surface area (Å²) >= 11 is 3.23. The summed E-state index contributed by atoms with van der Waals surface area (Å²) in [6, 6.07) is 0. The zero-order valence-corrected chi connectivity index (χ0v) is 42.1. The number of halogens is 1. The van der Waals surface area contributed by atoms with Crippen LogP contribution in [0.3, 0.4) is 0 Å². The number of hydrogen-bond acceptors (Lipinski definition) is 14. The summed E-state index contributed by atoms with van der Waals surface area (Å²) in [4.78, 5) is 37.1. The first-order valence-electron chi connectivity index (χ1n) is 19.2. The minimum absolute atomic E-state index is 0. The number of carbonyl (C=O) groups excluding carboxylic acids is 3. The molecular formula is C37H71BClN3NaO13S3. The average Bonchev–Trinajstić information content (AvgIpc) is 3.13. The monoisotopic (exact) mass is 930 g/mol. The van der Waals surface area contributed by atoms with Gasteiger partial charge >= 0.3 is 76.5 Å². The Bertz CT molecular complexity index is 1220. The van der Waals surface area contributed by atoms with Gasteiger partial charge < -0.3 is 36.5 Å². The molecule has 59 heavy (non-hydrogen) atoms. The average molecular weight is 931 g/mol. The second-order valence-corrected chi connectivity index (χ2v) is 18.2. The number of rotatable bonds is 9. The summed E-state index contributed by atoms with van der Waals surface area (Å²) in [7, 11) is 0. The van der Waals surface area contributed by atoms with E-state index in [0.29, 0.717) is 19.0 Å². The van der Waals surface area contributed by atoms with Gasteiger partial charge in [-0.2, -0.15) is 25.3 Å². The van der Waals surface area contributed by atoms with Crippen LogP contribution >= 0.6 is 11.8 Å². The largest absolute Gasteiger partial charge is 1.00 e. The molecule has 0 saturated heterocycles. The van der Waals surface area contributed by atoms with E-state index in [2.05, 4.69) is 36.2 Å². The Morgan fingerprint density at radius 3 is 1.17 bits per heavy atom. The van der Waals surface area contributed by atoms with E-state index in [0.717, 1.165) is 88.9 Å². The molecule has 0 aromatic rings. The van der Waals surface area contributed by atoms with E-state index in [1.165, 1.54) is 12.8 Å². The molecule has 3 radical (unpaired) electrons. The summed E-state index contributed by atoms with van der Waals surface area (Å²) in [5.74, 6) is 2.23. The molecule has 3 rings (SSSR count). The van der Waals surface area contributed by atoms with E-state index < -0.39 is 58.1 Å². The number of ether oxygens (including phenoxy) is 2. The topological polar surface area (TPSA) is 249 Å². The van der Waals surface area contributed by atoms with Crippen LogP contribution < -0.4 is 45.0 Å². The molecule has 2 amide bonds. The fourth-order valence-corrected chi connectivity index (χ4v) is 6.77. The Morgan fingerprint density at radius 1 is 0.644 bits per heavy atom. The van der Waals surface area contributed by atoms with Gasteiger partial charge in [0.1, 0.15) is 17.5 Å². The zero-order chi connectivity index (χ0) is 44.8. The minimum Gasteiger partial charge on any atom is -1.00 e. The maximum absolute atomic E-state index is 11.6. The number of aldehydes is 1. The van der Waals surface area contributed by atoms with E-state index in [1.54, 1.807) is 0 Å². The summed E-state index contributed by atoms with van der Waals surface area (Å²) in [5.41, 5.74) is -1.45. The summed E-state index contributed by atoms with van der Waals surface area (Å²) in [5, 5.41) is 24.4. The van der Waals surface area contributed by atoms with Crippen molar-refractivity contribution in [2.24, 2.45) is 34.0 Å².